The van der Waals surface area contributed by atoms with E-state index in [9.17, 15) is 4.79 Å². The number of aryl methyl sites for hydroxylation is 1. The third-order valence-electron chi connectivity index (χ3n) is 7.80. The number of hydrogen-bond acceptors (Lipinski definition) is 5. The van der Waals surface area contributed by atoms with Crippen LogP contribution < -0.4 is 9.64 Å². The van der Waals surface area contributed by atoms with E-state index in [0.29, 0.717) is 24.5 Å². The van der Waals surface area contributed by atoms with Gasteiger partial charge in [-0.15, -0.1) is 0 Å². The fourth-order valence-corrected chi connectivity index (χ4v) is 6.12. The van der Waals surface area contributed by atoms with Crippen molar-refractivity contribution in [1.29, 1.82) is 0 Å². The summed E-state index contributed by atoms with van der Waals surface area (Å²) >= 11 is 0. The number of aromatic nitrogens is 1. The van der Waals surface area contributed by atoms with Crippen molar-refractivity contribution in [2.75, 3.05) is 31.2 Å². The second-order valence-electron chi connectivity index (χ2n) is 9.89. The van der Waals surface area contributed by atoms with Crippen LogP contribution >= 0.6 is 0 Å². The lowest BCUT2D eigenvalue weighted by Gasteiger charge is -2.33. The quantitative estimate of drug-likeness (QED) is 0.220. The van der Waals surface area contributed by atoms with E-state index in [2.05, 4.69) is 61.0 Å². The minimum atomic E-state index is -1.20. The van der Waals surface area contributed by atoms with E-state index < -0.39 is 5.60 Å². The Morgan fingerprint density at radius 1 is 0.949 bits per heavy atom. The first kappa shape index (κ1) is 26.8. The van der Waals surface area contributed by atoms with Crippen molar-refractivity contribution < 1.29 is 19.0 Å². The lowest BCUT2D eigenvalue weighted by Crippen LogP contribution is -2.31. The van der Waals surface area contributed by atoms with E-state index in [0.717, 1.165) is 57.6 Å². The highest BCUT2D eigenvalue weighted by Crippen LogP contribution is 2.54. The lowest BCUT2D eigenvalue weighted by atomic mass is 9.77. The Hall–Kier alpha value is -3.77. The van der Waals surface area contributed by atoms with Crippen molar-refractivity contribution >= 4 is 22.6 Å². The van der Waals surface area contributed by atoms with Crippen molar-refractivity contribution in [3.63, 3.8) is 0 Å². The molecular formula is C33H38N2O4. The molecule has 0 spiro atoms. The number of nitrogens with one attached hydrogen (secondary N) is 1. The van der Waals surface area contributed by atoms with Gasteiger partial charge in [0, 0.05) is 64.7 Å². The number of carbonyl (C=O) groups is 1. The summed E-state index contributed by atoms with van der Waals surface area (Å²) in [6, 6.07) is 20.2. The number of anilines is 1. The van der Waals surface area contributed by atoms with Crippen molar-refractivity contribution in [3.05, 3.63) is 94.2 Å². The Morgan fingerprint density at radius 2 is 1.72 bits per heavy atom. The van der Waals surface area contributed by atoms with Gasteiger partial charge in [-0.1, -0.05) is 30.3 Å². The second kappa shape index (κ2) is 10.8. The molecule has 1 aromatic heterocycles. The predicted octanol–water partition coefficient (Wildman–Crippen LogP) is 7.28. The van der Waals surface area contributed by atoms with Crippen LogP contribution in [0, 0.1) is 6.92 Å². The molecule has 6 heteroatoms. The minimum Gasteiger partial charge on any atom is -0.493 e. The number of cyclic esters (lactones) is 1. The highest BCUT2D eigenvalue weighted by Gasteiger charge is 2.52. The number of esters is 1. The molecule has 0 bridgehead atoms. The first-order valence-corrected chi connectivity index (χ1v) is 14.0. The zero-order chi connectivity index (χ0) is 27.7. The Labute approximate surface area is 230 Å². The fraction of sp³-hybridized carbons (Fsp3) is 0.364. The zero-order valence-corrected chi connectivity index (χ0v) is 23.8. The molecule has 2 unspecified atom stereocenters. The average molecular weight is 527 g/mol. The smallest absolute Gasteiger partial charge is 0.340 e. The van der Waals surface area contributed by atoms with E-state index in [1.807, 2.05) is 51.1 Å². The third kappa shape index (κ3) is 4.27. The van der Waals surface area contributed by atoms with Crippen molar-refractivity contribution in [1.82, 2.24) is 4.98 Å². The molecule has 39 heavy (non-hydrogen) atoms. The molecular weight excluding hydrogens is 488 g/mol. The van der Waals surface area contributed by atoms with Crippen LogP contribution in [0.3, 0.4) is 0 Å². The Bertz CT molecular complexity index is 1500. The molecule has 1 N–H and O–H groups in total. The Kier molecular flexibility index (Phi) is 7.41. The summed E-state index contributed by atoms with van der Waals surface area (Å²) in [5.74, 6) is 0.362. The standard InChI is InChI=1S/C33H38N2O4/c1-7-35(8-2)23-18-19-27(29(20-23)38-10-4)33(26-16-12-11-14-25(26)32(36)39-33)31-21(5)34-28-17-13-15-24(30(28)31)22(6)37-9-3/h11-20,22,34H,7-10H2,1-6H3. The highest BCUT2D eigenvalue weighted by molar-refractivity contribution is 5.99. The normalized spacial score (nSPS) is 17.2. The van der Waals surface area contributed by atoms with Gasteiger partial charge in [0.05, 0.1) is 18.3 Å². The molecule has 1 aliphatic rings. The van der Waals surface area contributed by atoms with Gasteiger partial charge in [-0.05, 0) is 71.4 Å². The number of ether oxygens (including phenoxy) is 3. The number of H-pyrrole nitrogens is 1. The predicted molar refractivity (Wildman–Crippen MR) is 156 cm³/mol. The molecule has 0 saturated carbocycles. The molecule has 5 rings (SSSR count). The zero-order valence-electron chi connectivity index (χ0n) is 23.8. The van der Waals surface area contributed by atoms with Crippen LogP contribution in [0.15, 0.2) is 60.7 Å². The van der Waals surface area contributed by atoms with E-state index >= 15 is 0 Å². The topological polar surface area (TPSA) is 63.8 Å². The number of aromatic amines is 1. The molecule has 0 saturated heterocycles. The Balaban J connectivity index is 1.89. The molecule has 0 radical (unpaired) electrons. The maximum absolute atomic E-state index is 13.5. The van der Waals surface area contributed by atoms with Gasteiger partial charge in [-0.2, -0.15) is 0 Å². The number of rotatable bonds is 10. The number of fused-ring (bicyclic) bond motifs is 2. The van der Waals surface area contributed by atoms with Gasteiger partial charge in [0.25, 0.3) is 0 Å². The summed E-state index contributed by atoms with van der Waals surface area (Å²) in [7, 11) is 0. The van der Waals surface area contributed by atoms with E-state index in [1.165, 1.54) is 0 Å². The van der Waals surface area contributed by atoms with Crippen LogP contribution in [0.25, 0.3) is 10.9 Å². The number of benzene rings is 3. The molecule has 6 nitrogen and oxygen atoms in total. The number of carbonyl (C=O) groups excluding carboxylic acids is 1. The van der Waals surface area contributed by atoms with E-state index in [4.69, 9.17) is 14.2 Å². The average Bonchev–Trinajstić information content (AvgIpc) is 3.43. The molecule has 0 fully saturated rings. The summed E-state index contributed by atoms with van der Waals surface area (Å²) in [6.07, 6.45) is -0.145. The van der Waals surface area contributed by atoms with Gasteiger partial charge >= 0.3 is 5.97 Å². The van der Waals surface area contributed by atoms with Crippen LogP contribution in [-0.4, -0.2) is 37.3 Å². The minimum absolute atomic E-state index is 0.145. The molecule has 3 aromatic carbocycles. The monoisotopic (exact) mass is 526 g/mol. The first-order chi connectivity index (χ1) is 18.9. The van der Waals surface area contributed by atoms with Crippen molar-refractivity contribution in [3.8, 4) is 5.75 Å². The van der Waals surface area contributed by atoms with Gasteiger partial charge in [-0.25, -0.2) is 4.79 Å². The summed E-state index contributed by atoms with van der Waals surface area (Å²) < 4.78 is 19.0. The summed E-state index contributed by atoms with van der Waals surface area (Å²) in [5, 5.41) is 1.01. The summed E-state index contributed by atoms with van der Waals surface area (Å²) in [6.45, 7) is 15.2. The second-order valence-corrected chi connectivity index (χ2v) is 9.89. The molecule has 2 atom stereocenters. The molecule has 204 valence electrons. The number of hydrogen-bond donors (Lipinski definition) is 1. The molecule has 1 aliphatic heterocycles. The fourth-order valence-electron chi connectivity index (χ4n) is 6.12. The van der Waals surface area contributed by atoms with Gasteiger partial charge < -0.3 is 24.1 Å². The van der Waals surface area contributed by atoms with Crippen LogP contribution in [0.4, 0.5) is 5.69 Å². The highest BCUT2D eigenvalue weighted by atomic mass is 16.6. The van der Waals surface area contributed by atoms with Crippen LogP contribution in [0.5, 0.6) is 5.75 Å². The van der Waals surface area contributed by atoms with Gasteiger partial charge in [0.15, 0.2) is 5.60 Å². The maximum atomic E-state index is 13.5. The van der Waals surface area contributed by atoms with Crippen LogP contribution in [0.2, 0.25) is 0 Å². The molecule has 0 aliphatic carbocycles. The van der Waals surface area contributed by atoms with Gasteiger partial charge in [0.1, 0.15) is 5.75 Å². The molecule has 2 heterocycles. The van der Waals surface area contributed by atoms with Crippen molar-refractivity contribution in [2.45, 2.75) is 53.2 Å². The van der Waals surface area contributed by atoms with Crippen LogP contribution in [0.1, 0.15) is 79.0 Å². The maximum Gasteiger partial charge on any atom is 0.340 e. The summed E-state index contributed by atoms with van der Waals surface area (Å²) in [4.78, 5) is 19.4. The van der Waals surface area contributed by atoms with E-state index in [-0.39, 0.29) is 12.1 Å². The lowest BCUT2D eigenvalue weighted by molar-refractivity contribution is 0.0246. The van der Waals surface area contributed by atoms with Crippen molar-refractivity contribution in [2.24, 2.45) is 0 Å². The Morgan fingerprint density at radius 3 is 2.44 bits per heavy atom. The first-order valence-electron chi connectivity index (χ1n) is 14.0. The van der Waals surface area contributed by atoms with Gasteiger partial charge in [-0.3, -0.25) is 0 Å². The molecule has 0 amide bonds. The summed E-state index contributed by atoms with van der Waals surface area (Å²) in [5.41, 5.74) is 5.92. The largest absolute Gasteiger partial charge is 0.493 e. The molecule has 4 aromatic rings. The SMILES string of the molecule is CCOc1cc(N(CC)CC)ccc1C1(c2c(C)[nH]c3cccc(C(C)OCC)c23)OC(=O)c2ccccc21. The van der Waals surface area contributed by atoms with Gasteiger partial charge in [0.2, 0.25) is 0 Å². The number of nitrogens with zero attached hydrogens (tertiary/aromatic N) is 1. The third-order valence-corrected chi connectivity index (χ3v) is 7.80. The van der Waals surface area contributed by atoms with E-state index in [1.54, 1.807) is 0 Å². The van der Waals surface area contributed by atoms with Crippen LogP contribution in [-0.2, 0) is 15.1 Å².